The topological polar surface area (TPSA) is 69.3 Å². The number of nitrogens with zero attached hydrogens (tertiary/aromatic N) is 3. The zero-order chi connectivity index (χ0) is 20.1. The smallest absolute Gasteiger partial charge is 0.222 e. The Balaban J connectivity index is 1.27. The molecule has 0 saturated carbocycles. The molecule has 1 N–H and O–H groups in total. The van der Waals surface area contributed by atoms with Gasteiger partial charge in [-0.15, -0.1) is 0 Å². The van der Waals surface area contributed by atoms with Gasteiger partial charge in [0.15, 0.2) is 0 Å². The number of hydrogen-bond donors (Lipinski definition) is 1. The lowest BCUT2D eigenvalue weighted by Gasteiger charge is -2.47. The number of carbonyl (C=O) groups excluding carboxylic acids is 2. The normalized spacial score (nSPS) is 19.0. The summed E-state index contributed by atoms with van der Waals surface area (Å²) in [4.78, 5) is 29.1. The number of aryl methyl sites for hydroxylation is 1. The summed E-state index contributed by atoms with van der Waals surface area (Å²) in [5.74, 6) is 0.522. The second kappa shape index (κ2) is 8.80. The molecule has 1 spiro atoms. The largest absolute Gasteiger partial charge is 0.343 e. The molecule has 154 valence electrons. The fourth-order valence-corrected chi connectivity index (χ4v) is 4.70. The van der Waals surface area contributed by atoms with E-state index in [4.69, 9.17) is 0 Å². The molecule has 2 aromatic rings. The Kier molecular flexibility index (Phi) is 5.97. The molecule has 3 heterocycles. The van der Waals surface area contributed by atoms with Crippen LogP contribution in [0.1, 0.15) is 49.7 Å². The first-order chi connectivity index (χ1) is 14.1. The summed E-state index contributed by atoms with van der Waals surface area (Å²) < 4.78 is 0. The minimum absolute atomic E-state index is 0.177. The predicted molar refractivity (Wildman–Crippen MR) is 111 cm³/mol. The van der Waals surface area contributed by atoms with Crippen molar-refractivity contribution in [1.29, 1.82) is 0 Å². The molecule has 0 aliphatic carbocycles. The van der Waals surface area contributed by atoms with Crippen molar-refractivity contribution in [2.45, 2.75) is 51.5 Å². The maximum Gasteiger partial charge on any atom is 0.222 e. The highest BCUT2D eigenvalue weighted by Gasteiger charge is 2.41. The first-order valence-electron chi connectivity index (χ1n) is 10.7. The van der Waals surface area contributed by atoms with E-state index in [1.165, 1.54) is 5.56 Å². The fourth-order valence-electron chi connectivity index (χ4n) is 4.70. The van der Waals surface area contributed by atoms with Gasteiger partial charge >= 0.3 is 0 Å². The quantitative estimate of drug-likeness (QED) is 0.818. The van der Waals surface area contributed by atoms with Gasteiger partial charge in [-0.3, -0.25) is 14.7 Å². The zero-order valence-electron chi connectivity index (χ0n) is 17.0. The first-order valence-corrected chi connectivity index (χ1v) is 10.7. The van der Waals surface area contributed by atoms with E-state index < -0.39 is 0 Å². The van der Waals surface area contributed by atoms with Gasteiger partial charge in [0, 0.05) is 45.2 Å². The maximum atomic E-state index is 12.6. The van der Waals surface area contributed by atoms with Crippen molar-refractivity contribution in [3.63, 3.8) is 0 Å². The lowest BCUT2D eigenvalue weighted by Crippen LogP contribution is -2.52. The maximum absolute atomic E-state index is 12.6. The molecule has 2 saturated heterocycles. The van der Waals surface area contributed by atoms with Gasteiger partial charge in [0.25, 0.3) is 0 Å². The molecule has 2 aliphatic rings. The number of carbonyl (C=O) groups is 2. The van der Waals surface area contributed by atoms with Gasteiger partial charge in [0.2, 0.25) is 11.8 Å². The second-order valence-electron chi connectivity index (χ2n) is 8.58. The van der Waals surface area contributed by atoms with Crippen LogP contribution in [0.25, 0.3) is 0 Å². The molecular formula is C23H30N4O2. The molecule has 6 nitrogen and oxygen atoms in total. The van der Waals surface area contributed by atoms with Gasteiger partial charge in [-0.05, 0) is 48.6 Å². The van der Waals surface area contributed by atoms with Gasteiger partial charge < -0.3 is 9.80 Å². The Morgan fingerprint density at radius 1 is 1.10 bits per heavy atom. The van der Waals surface area contributed by atoms with Crippen molar-refractivity contribution in [3.8, 4) is 0 Å². The number of nitrogens with one attached hydrogen (secondary N) is 1. The molecule has 1 aromatic heterocycles. The summed E-state index contributed by atoms with van der Waals surface area (Å²) in [5, 5.41) is 6.76. The van der Waals surface area contributed by atoms with Crippen LogP contribution in [-0.2, 0) is 22.6 Å². The van der Waals surface area contributed by atoms with Crippen LogP contribution < -0.4 is 0 Å². The minimum atomic E-state index is 0.177. The van der Waals surface area contributed by atoms with E-state index in [9.17, 15) is 9.59 Å². The molecule has 1 aromatic carbocycles. The van der Waals surface area contributed by atoms with Crippen molar-refractivity contribution >= 4 is 11.8 Å². The van der Waals surface area contributed by atoms with Crippen LogP contribution in [0.2, 0.25) is 0 Å². The molecule has 2 fully saturated rings. The van der Waals surface area contributed by atoms with Gasteiger partial charge in [-0.25, -0.2) is 0 Å². The summed E-state index contributed by atoms with van der Waals surface area (Å²) >= 11 is 0. The number of likely N-dealkylation sites (tertiary alicyclic amines) is 2. The van der Waals surface area contributed by atoms with E-state index in [1.807, 2.05) is 40.4 Å². The van der Waals surface area contributed by atoms with Gasteiger partial charge in [0.1, 0.15) is 0 Å². The molecule has 4 rings (SSSR count). The molecule has 6 heteroatoms. The van der Waals surface area contributed by atoms with E-state index in [2.05, 4.69) is 22.3 Å². The Morgan fingerprint density at radius 3 is 2.62 bits per heavy atom. The molecule has 29 heavy (non-hydrogen) atoms. The van der Waals surface area contributed by atoms with Crippen LogP contribution in [0.4, 0.5) is 0 Å². The number of aromatic nitrogens is 2. The van der Waals surface area contributed by atoms with Crippen LogP contribution in [0, 0.1) is 5.41 Å². The Morgan fingerprint density at radius 2 is 1.90 bits per heavy atom. The van der Waals surface area contributed by atoms with Crippen LogP contribution >= 0.6 is 0 Å². The SMILES string of the molecule is O=C(CCCc1cn[nH]c1)N1CCC2(CCC(=O)N(Cc3ccccc3)C2)CC1. The van der Waals surface area contributed by atoms with Crippen LogP contribution in [-0.4, -0.2) is 51.4 Å². The fraction of sp³-hybridized carbons (Fsp3) is 0.522. The number of rotatable bonds is 6. The highest BCUT2D eigenvalue weighted by atomic mass is 16.2. The molecule has 0 bridgehead atoms. The molecule has 2 amide bonds. The Bertz CT molecular complexity index is 811. The van der Waals surface area contributed by atoms with Crippen molar-refractivity contribution < 1.29 is 9.59 Å². The highest BCUT2D eigenvalue weighted by molar-refractivity contribution is 5.77. The van der Waals surface area contributed by atoms with Crippen molar-refractivity contribution in [3.05, 3.63) is 53.9 Å². The van der Waals surface area contributed by atoms with E-state index >= 15 is 0 Å². The van der Waals surface area contributed by atoms with Gasteiger partial charge in [-0.2, -0.15) is 5.10 Å². The number of aromatic amines is 1. The van der Waals surface area contributed by atoms with E-state index in [0.29, 0.717) is 19.4 Å². The zero-order valence-corrected chi connectivity index (χ0v) is 17.0. The summed E-state index contributed by atoms with van der Waals surface area (Å²) in [5.41, 5.74) is 2.51. The monoisotopic (exact) mass is 394 g/mol. The molecule has 2 aliphatic heterocycles. The van der Waals surface area contributed by atoms with E-state index in [0.717, 1.165) is 57.3 Å². The molecular weight excluding hydrogens is 364 g/mol. The number of amides is 2. The summed E-state index contributed by atoms with van der Waals surface area (Å²) in [6, 6.07) is 10.2. The summed E-state index contributed by atoms with van der Waals surface area (Å²) in [7, 11) is 0. The van der Waals surface area contributed by atoms with Crippen molar-refractivity contribution in [2.75, 3.05) is 19.6 Å². The summed E-state index contributed by atoms with van der Waals surface area (Å²) in [6.07, 6.45) is 9.64. The third-order valence-electron chi connectivity index (χ3n) is 6.55. The first kappa shape index (κ1) is 19.7. The highest BCUT2D eigenvalue weighted by Crippen LogP contribution is 2.40. The predicted octanol–water partition coefficient (Wildman–Crippen LogP) is 3.16. The van der Waals surface area contributed by atoms with Crippen molar-refractivity contribution in [1.82, 2.24) is 20.0 Å². The number of H-pyrrole nitrogens is 1. The lowest BCUT2D eigenvalue weighted by atomic mass is 9.72. The Labute approximate surface area is 172 Å². The van der Waals surface area contributed by atoms with Crippen LogP contribution in [0.5, 0.6) is 0 Å². The van der Waals surface area contributed by atoms with Crippen molar-refractivity contribution in [2.24, 2.45) is 5.41 Å². The molecule has 0 unspecified atom stereocenters. The lowest BCUT2D eigenvalue weighted by molar-refractivity contribution is -0.143. The van der Waals surface area contributed by atoms with Crippen LogP contribution in [0.3, 0.4) is 0 Å². The number of piperidine rings is 2. The van der Waals surface area contributed by atoms with E-state index in [-0.39, 0.29) is 17.2 Å². The second-order valence-corrected chi connectivity index (χ2v) is 8.58. The minimum Gasteiger partial charge on any atom is -0.343 e. The third-order valence-corrected chi connectivity index (χ3v) is 6.55. The standard InChI is InChI=1S/C23H30N4O2/c28-21(8-4-7-20-15-24-25-16-20)26-13-11-23(12-14-26)10-9-22(29)27(18-23)17-19-5-2-1-3-6-19/h1-3,5-6,15-16H,4,7-14,17-18H2,(H,24,25). The molecule has 0 radical (unpaired) electrons. The van der Waals surface area contributed by atoms with E-state index in [1.54, 1.807) is 0 Å². The summed E-state index contributed by atoms with van der Waals surface area (Å²) in [6.45, 7) is 3.15. The van der Waals surface area contributed by atoms with Crippen LogP contribution in [0.15, 0.2) is 42.7 Å². The third kappa shape index (κ3) is 4.86. The van der Waals surface area contributed by atoms with Gasteiger partial charge in [0.05, 0.1) is 6.20 Å². The molecule has 0 atom stereocenters. The number of hydrogen-bond acceptors (Lipinski definition) is 3. The average Bonchev–Trinajstić information content (AvgIpc) is 3.26. The number of benzene rings is 1. The average molecular weight is 395 g/mol. The van der Waals surface area contributed by atoms with Gasteiger partial charge in [-0.1, -0.05) is 30.3 Å². The Hall–Kier alpha value is -2.63.